The Bertz CT molecular complexity index is 86.0. The molecule has 1 rings (SSSR count). The highest BCUT2D eigenvalue weighted by Gasteiger charge is 2.20. The molecule has 0 aromatic rings. The fourth-order valence-corrected chi connectivity index (χ4v) is 1.82. The summed E-state index contributed by atoms with van der Waals surface area (Å²) >= 11 is 0. The average Bonchev–Trinajstić information content (AvgIpc) is 2.02. The van der Waals surface area contributed by atoms with Crippen molar-refractivity contribution in [3.63, 3.8) is 0 Å². The van der Waals surface area contributed by atoms with Gasteiger partial charge in [0.05, 0.1) is 0 Å². The first kappa shape index (κ1) is 11.0. The van der Waals surface area contributed by atoms with Crippen molar-refractivity contribution >= 4 is 0 Å². The van der Waals surface area contributed by atoms with E-state index in [0.29, 0.717) is 0 Å². The molecule has 1 aliphatic carbocycles. The van der Waals surface area contributed by atoms with E-state index >= 15 is 0 Å². The van der Waals surface area contributed by atoms with Gasteiger partial charge >= 0.3 is 0 Å². The first-order valence-electron chi connectivity index (χ1n) is 5.20. The van der Waals surface area contributed by atoms with Gasteiger partial charge in [0.25, 0.3) is 0 Å². The highest BCUT2D eigenvalue weighted by atomic mass is 14.3. The van der Waals surface area contributed by atoms with E-state index in [1.54, 1.807) is 0 Å². The van der Waals surface area contributed by atoms with Crippen LogP contribution >= 0.6 is 0 Å². The van der Waals surface area contributed by atoms with E-state index in [4.69, 9.17) is 0 Å². The van der Waals surface area contributed by atoms with E-state index in [9.17, 15) is 0 Å². The Labute approximate surface area is 72.4 Å². The minimum Gasteiger partial charge on any atom is -0.0683 e. The smallest absolute Gasteiger partial charge is 0.0414 e. The summed E-state index contributed by atoms with van der Waals surface area (Å²) in [6.07, 6.45) is 4.38. The third kappa shape index (κ3) is 3.79. The van der Waals surface area contributed by atoms with E-state index < -0.39 is 0 Å². The van der Waals surface area contributed by atoms with Crippen LogP contribution in [0.25, 0.3) is 0 Å². The highest BCUT2D eigenvalue weighted by Crippen LogP contribution is 2.32. The Kier molecular flexibility index (Phi) is 5.62. The molecule has 0 spiro atoms. The molecule has 0 nitrogen and oxygen atoms in total. The van der Waals surface area contributed by atoms with Gasteiger partial charge in [0.2, 0.25) is 0 Å². The molecule has 0 N–H and O–H groups in total. The third-order valence-electron chi connectivity index (χ3n) is 2.86. The largest absolute Gasteiger partial charge is 0.0683 e. The van der Waals surface area contributed by atoms with E-state index in [1.165, 1.54) is 19.3 Å². The lowest BCUT2D eigenvalue weighted by Crippen LogP contribution is -2.18. The van der Waals surface area contributed by atoms with Gasteiger partial charge in [0.15, 0.2) is 0 Å². The molecule has 68 valence electrons. The zero-order valence-electron chi connectivity index (χ0n) is 8.85. The molecule has 11 heavy (non-hydrogen) atoms. The number of hydrogen-bond acceptors (Lipinski definition) is 0. The number of hydrogen-bond donors (Lipinski definition) is 0. The molecule has 1 fully saturated rings. The lowest BCUT2D eigenvalue weighted by molar-refractivity contribution is 0.220. The summed E-state index contributed by atoms with van der Waals surface area (Å²) in [6.45, 7) is 11.2. The minimum atomic E-state index is 0.980. The molecule has 0 aromatic heterocycles. The Balaban J connectivity index is 0.000000461. The second-order valence-electron chi connectivity index (χ2n) is 3.87. The minimum absolute atomic E-state index is 0.980. The van der Waals surface area contributed by atoms with Gasteiger partial charge in [0, 0.05) is 0 Å². The molecule has 0 radical (unpaired) electrons. The van der Waals surface area contributed by atoms with Gasteiger partial charge < -0.3 is 0 Å². The molecule has 3 unspecified atom stereocenters. The molecule has 0 aliphatic heterocycles. The van der Waals surface area contributed by atoms with Crippen molar-refractivity contribution in [2.75, 3.05) is 0 Å². The summed E-state index contributed by atoms with van der Waals surface area (Å²) in [5.41, 5.74) is 0. The molecule has 1 saturated carbocycles. The maximum Gasteiger partial charge on any atom is -0.0414 e. The zero-order chi connectivity index (χ0) is 8.85. The van der Waals surface area contributed by atoms with Crippen molar-refractivity contribution in [3.8, 4) is 0 Å². The standard InChI is InChI=1S/C9H18.C2H6/c1-7-4-5-8(2)9(3)6-7;1-2/h7-9H,4-6H2,1-3H3;1-2H3. The summed E-state index contributed by atoms with van der Waals surface area (Å²) in [6, 6.07) is 0. The van der Waals surface area contributed by atoms with Crippen LogP contribution in [-0.2, 0) is 0 Å². The van der Waals surface area contributed by atoms with Crippen LogP contribution in [0.2, 0.25) is 0 Å². The van der Waals surface area contributed by atoms with Crippen LogP contribution < -0.4 is 0 Å². The van der Waals surface area contributed by atoms with Gasteiger partial charge in [-0.2, -0.15) is 0 Å². The van der Waals surface area contributed by atoms with Crippen LogP contribution in [0.15, 0.2) is 0 Å². The van der Waals surface area contributed by atoms with E-state index in [0.717, 1.165) is 17.8 Å². The van der Waals surface area contributed by atoms with Crippen LogP contribution in [0.5, 0.6) is 0 Å². The van der Waals surface area contributed by atoms with Gasteiger partial charge in [-0.1, -0.05) is 47.5 Å². The van der Waals surface area contributed by atoms with Crippen LogP contribution in [0.4, 0.5) is 0 Å². The van der Waals surface area contributed by atoms with Crippen LogP contribution in [-0.4, -0.2) is 0 Å². The monoisotopic (exact) mass is 156 g/mol. The Morgan fingerprint density at radius 2 is 1.36 bits per heavy atom. The quantitative estimate of drug-likeness (QED) is 0.495. The molecular formula is C11H24. The van der Waals surface area contributed by atoms with Gasteiger partial charge in [-0.25, -0.2) is 0 Å². The Hall–Kier alpha value is 0. The van der Waals surface area contributed by atoms with Crippen molar-refractivity contribution < 1.29 is 0 Å². The molecule has 3 atom stereocenters. The normalized spacial score (nSPS) is 37.4. The molecule has 0 saturated heterocycles. The van der Waals surface area contributed by atoms with Crippen molar-refractivity contribution in [3.05, 3.63) is 0 Å². The Morgan fingerprint density at radius 3 is 1.73 bits per heavy atom. The van der Waals surface area contributed by atoms with E-state index in [-0.39, 0.29) is 0 Å². The lowest BCUT2D eigenvalue weighted by Gasteiger charge is -2.29. The summed E-state index contributed by atoms with van der Waals surface area (Å²) < 4.78 is 0. The first-order chi connectivity index (χ1) is 5.20. The molecule has 0 bridgehead atoms. The summed E-state index contributed by atoms with van der Waals surface area (Å²) in [4.78, 5) is 0. The van der Waals surface area contributed by atoms with Crippen LogP contribution in [0.1, 0.15) is 53.9 Å². The van der Waals surface area contributed by atoms with Gasteiger partial charge in [-0.05, 0) is 24.2 Å². The van der Waals surface area contributed by atoms with E-state index in [2.05, 4.69) is 20.8 Å². The van der Waals surface area contributed by atoms with Gasteiger partial charge in [-0.3, -0.25) is 0 Å². The fraction of sp³-hybridized carbons (Fsp3) is 1.00. The first-order valence-corrected chi connectivity index (χ1v) is 5.20. The highest BCUT2D eigenvalue weighted by molar-refractivity contribution is 4.72. The maximum atomic E-state index is 2.39. The van der Waals surface area contributed by atoms with Crippen molar-refractivity contribution in [1.29, 1.82) is 0 Å². The maximum absolute atomic E-state index is 2.39. The van der Waals surface area contributed by atoms with Crippen molar-refractivity contribution in [2.24, 2.45) is 17.8 Å². The summed E-state index contributed by atoms with van der Waals surface area (Å²) in [5.74, 6) is 2.96. The molecule has 0 aromatic carbocycles. The second-order valence-corrected chi connectivity index (χ2v) is 3.87. The molecule has 0 heteroatoms. The third-order valence-corrected chi connectivity index (χ3v) is 2.86. The summed E-state index contributed by atoms with van der Waals surface area (Å²) in [5, 5.41) is 0. The van der Waals surface area contributed by atoms with Crippen molar-refractivity contribution in [2.45, 2.75) is 53.9 Å². The fourth-order valence-electron chi connectivity index (χ4n) is 1.82. The topological polar surface area (TPSA) is 0 Å². The second kappa shape index (κ2) is 5.62. The molecule has 0 amide bonds. The van der Waals surface area contributed by atoms with Crippen molar-refractivity contribution in [1.82, 2.24) is 0 Å². The lowest BCUT2D eigenvalue weighted by atomic mass is 9.77. The van der Waals surface area contributed by atoms with Crippen LogP contribution in [0, 0.1) is 17.8 Å². The number of rotatable bonds is 0. The Morgan fingerprint density at radius 1 is 0.818 bits per heavy atom. The predicted molar refractivity (Wildman–Crippen MR) is 52.7 cm³/mol. The van der Waals surface area contributed by atoms with Gasteiger partial charge in [0.1, 0.15) is 0 Å². The predicted octanol–water partition coefficient (Wildman–Crippen LogP) is 4.10. The molecule has 1 aliphatic rings. The van der Waals surface area contributed by atoms with E-state index in [1.807, 2.05) is 13.8 Å². The SMILES string of the molecule is CC.CC1CCC(C)C(C)C1. The average molecular weight is 156 g/mol. The van der Waals surface area contributed by atoms with Gasteiger partial charge in [-0.15, -0.1) is 0 Å². The summed E-state index contributed by atoms with van der Waals surface area (Å²) in [7, 11) is 0. The molecule has 0 heterocycles. The van der Waals surface area contributed by atoms with Crippen LogP contribution in [0.3, 0.4) is 0 Å². The molecular weight excluding hydrogens is 132 g/mol. The zero-order valence-corrected chi connectivity index (χ0v) is 8.85.